The molecule has 0 aromatic heterocycles. The standard InChI is InChI=1S/C7H6ClN3O/c8-6-1-2-7-5(3-6)4-9-10-11(7)12/h1-4,10,12H. The molecule has 1 aromatic rings. The molecule has 0 unspecified atom stereocenters. The van der Waals surface area contributed by atoms with Crippen LogP contribution < -0.4 is 10.7 Å². The van der Waals surface area contributed by atoms with Crippen molar-refractivity contribution in [3.63, 3.8) is 0 Å². The second kappa shape index (κ2) is 2.66. The zero-order valence-corrected chi connectivity index (χ0v) is 6.78. The van der Waals surface area contributed by atoms with Crippen molar-refractivity contribution in [2.75, 3.05) is 5.17 Å². The molecule has 0 bridgehead atoms. The minimum absolute atomic E-state index is 0.621. The average Bonchev–Trinajstić information content (AvgIpc) is 2.04. The summed E-state index contributed by atoms with van der Waals surface area (Å²) in [5.74, 6) is 0. The third kappa shape index (κ3) is 1.11. The highest BCUT2D eigenvalue weighted by molar-refractivity contribution is 6.31. The molecule has 0 radical (unpaired) electrons. The summed E-state index contributed by atoms with van der Waals surface area (Å²) >= 11 is 5.74. The molecule has 0 amide bonds. The molecule has 1 aromatic carbocycles. The molecule has 1 aliphatic rings. The Hall–Kier alpha value is -1.26. The maximum Gasteiger partial charge on any atom is 0.0982 e. The number of benzene rings is 1. The van der Waals surface area contributed by atoms with E-state index in [4.69, 9.17) is 11.6 Å². The van der Waals surface area contributed by atoms with Gasteiger partial charge in [-0.3, -0.25) is 5.21 Å². The molecule has 2 N–H and O–H groups in total. The van der Waals surface area contributed by atoms with Crippen LogP contribution in [-0.2, 0) is 0 Å². The van der Waals surface area contributed by atoms with Gasteiger partial charge in [-0.2, -0.15) is 10.6 Å². The van der Waals surface area contributed by atoms with Gasteiger partial charge in [0.15, 0.2) is 0 Å². The van der Waals surface area contributed by atoms with Crippen molar-refractivity contribution in [1.82, 2.24) is 5.53 Å². The lowest BCUT2D eigenvalue weighted by atomic mass is 10.2. The van der Waals surface area contributed by atoms with Gasteiger partial charge in [0.05, 0.1) is 11.9 Å². The van der Waals surface area contributed by atoms with E-state index in [1.807, 2.05) is 0 Å². The molecule has 1 heterocycles. The van der Waals surface area contributed by atoms with Gasteiger partial charge in [0.2, 0.25) is 0 Å². The van der Waals surface area contributed by atoms with Crippen molar-refractivity contribution < 1.29 is 5.21 Å². The summed E-state index contributed by atoms with van der Waals surface area (Å²) in [6, 6.07) is 5.13. The molecule has 1 aliphatic heterocycles. The maximum atomic E-state index is 9.22. The number of hydrogen-bond acceptors (Lipinski definition) is 4. The molecule has 0 fully saturated rings. The summed E-state index contributed by atoms with van der Waals surface area (Å²) < 4.78 is 0. The number of hydrazone groups is 1. The van der Waals surface area contributed by atoms with Crippen molar-refractivity contribution in [1.29, 1.82) is 0 Å². The van der Waals surface area contributed by atoms with E-state index >= 15 is 0 Å². The molecule has 5 heteroatoms. The normalized spacial score (nSPS) is 14.0. The van der Waals surface area contributed by atoms with Crippen molar-refractivity contribution in [3.05, 3.63) is 28.8 Å². The van der Waals surface area contributed by atoms with Crippen LogP contribution >= 0.6 is 11.6 Å². The molecule has 62 valence electrons. The van der Waals surface area contributed by atoms with Crippen LogP contribution in [0.15, 0.2) is 23.3 Å². The smallest absolute Gasteiger partial charge is 0.0982 e. The van der Waals surface area contributed by atoms with Gasteiger partial charge < -0.3 is 0 Å². The van der Waals surface area contributed by atoms with E-state index in [1.165, 1.54) is 0 Å². The van der Waals surface area contributed by atoms with E-state index in [9.17, 15) is 5.21 Å². The fourth-order valence-corrected chi connectivity index (χ4v) is 1.21. The van der Waals surface area contributed by atoms with Crippen LogP contribution in [-0.4, -0.2) is 11.4 Å². The Bertz CT molecular complexity index is 339. The molecular weight excluding hydrogens is 178 g/mol. The van der Waals surface area contributed by atoms with Gasteiger partial charge in [0.1, 0.15) is 0 Å². The fraction of sp³-hybridized carbons (Fsp3) is 0. The van der Waals surface area contributed by atoms with E-state index in [-0.39, 0.29) is 0 Å². The van der Waals surface area contributed by atoms with Crippen LogP contribution in [0.4, 0.5) is 5.69 Å². The topological polar surface area (TPSA) is 47.9 Å². The molecule has 2 rings (SSSR count). The molecule has 4 nitrogen and oxygen atoms in total. The lowest BCUT2D eigenvalue weighted by Crippen LogP contribution is -2.34. The van der Waals surface area contributed by atoms with Crippen molar-refractivity contribution in [3.8, 4) is 0 Å². The van der Waals surface area contributed by atoms with E-state index in [0.29, 0.717) is 10.7 Å². The van der Waals surface area contributed by atoms with Crippen molar-refractivity contribution >= 4 is 23.5 Å². The van der Waals surface area contributed by atoms with Gasteiger partial charge in [-0.15, -0.1) is 5.17 Å². The van der Waals surface area contributed by atoms with Gasteiger partial charge in [-0.1, -0.05) is 11.6 Å². The molecule has 0 saturated carbocycles. The first kappa shape index (κ1) is 7.39. The predicted octanol–water partition coefficient (Wildman–Crippen LogP) is 1.39. The number of anilines is 1. The third-order valence-electron chi connectivity index (χ3n) is 1.57. The highest BCUT2D eigenvalue weighted by Gasteiger charge is 2.10. The van der Waals surface area contributed by atoms with E-state index < -0.39 is 0 Å². The van der Waals surface area contributed by atoms with Crippen LogP contribution in [0, 0.1) is 0 Å². The quantitative estimate of drug-likeness (QED) is 0.639. The Kier molecular flexibility index (Phi) is 1.64. The number of hydrazine groups is 1. The summed E-state index contributed by atoms with van der Waals surface area (Å²) in [5.41, 5.74) is 3.79. The number of fused-ring (bicyclic) bond motifs is 1. The fourth-order valence-electron chi connectivity index (χ4n) is 1.03. The first-order valence-corrected chi connectivity index (χ1v) is 3.72. The molecule has 0 atom stereocenters. The van der Waals surface area contributed by atoms with Crippen LogP contribution in [0.5, 0.6) is 0 Å². The summed E-state index contributed by atoms with van der Waals surface area (Å²) in [4.78, 5) is 0. The van der Waals surface area contributed by atoms with Gasteiger partial charge in [-0.05, 0) is 18.2 Å². The Morgan fingerprint density at radius 3 is 3.17 bits per heavy atom. The van der Waals surface area contributed by atoms with Crippen molar-refractivity contribution in [2.24, 2.45) is 5.10 Å². The SMILES string of the molecule is ON1NN=Cc2cc(Cl)ccc21. The molecular formula is C7H6ClN3O. The Balaban J connectivity index is 2.55. The number of nitrogens with one attached hydrogen (secondary N) is 1. The zero-order valence-electron chi connectivity index (χ0n) is 6.03. The Labute approximate surface area is 74.0 Å². The molecule has 0 saturated heterocycles. The predicted molar refractivity (Wildman–Crippen MR) is 46.4 cm³/mol. The maximum absolute atomic E-state index is 9.22. The summed E-state index contributed by atoms with van der Waals surface area (Å²) in [6.07, 6.45) is 1.59. The van der Waals surface area contributed by atoms with Crippen LogP contribution in [0.25, 0.3) is 0 Å². The third-order valence-corrected chi connectivity index (χ3v) is 1.81. The monoisotopic (exact) mass is 183 g/mol. The highest BCUT2D eigenvalue weighted by Crippen LogP contribution is 2.22. The summed E-state index contributed by atoms with van der Waals surface area (Å²) in [6.45, 7) is 0. The Morgan fingerprint density at radius 2 is 2.33 bits per heavy atom. The molecule has 0 aliphatic carbocycles. The highest BCUT2D eigenvalue weighted by atomic mass is 35.5. The molecule has 12 heavy (non-hydrogen) atoms. The second-order valence-electron chi connectivity index (χ2n) is 2.37. The van der Waals surface area contributed by atoms with E-state index in [0.717, 1.165) is 10.7 Å². The number of halogens is 1. The largest absolute Gasteiger partial charge is 0.268 e. The minimum atomic E-state index is 0.621. The van der Waals surface area contributed by atoms with E-state index in [1.54, 1.807) is 24.4 Å². The summed E-state index contributed by atoms with van der Waals surface area (Å²) in [7, 11) is 0. The van der Waals surface area contributed by atoms with Crippen LogP contribution in [0.1, 0.15) is 5.56 Å². The Morgan fingerprint density at radius 1 is 1.50 bits per heavy atom. The lowest BCUT2D eigenvalue weighted by molar-refractivity contribution is 0.212. The second-order valence-corrected chi connectivity index (χ2v) is 2.81. The minimum Gasteiger partial charge on any atom is -0.268 e. The van der Waals surface area contributed by atoms with Gasteiger partial charge in [0.25, 0.3) is 0 Å². The van der Waals surface area contributed by atoms with Gasteiger partial charge >= 0.3 is 0 Å². The molecule has 0 spiro atoms. The first-order chi connectivity index (χ1) is 5.77. The van der Waals surface area contributed by atoms with Crippen molar-refractivity contribution in [2.45, 2.75) is 0 Å². The number of hydrogen-bond donors (Lipinski definition) is 2. The van der Waals surface area contributed by atoms with Gasteiger partial charge in [-0.25, -0.2) is 0 Å². The lowest BCUT2D eigenvalue weighted by Gasteiger charge is -2.20. The zero-order chi connectivity index (χ0) is 8.55. The van der Waals surface area contributed by atoms with Crippen LogP contribution in [0.2, 0.25) is 5.02 Å². The van der Waals surface area contributed by atoms with Gasteiger partial charge in [0, 0.05) is 10.6 Å². The number of rotatable bonds is 0. The van der Waals surface area contributed by atoms with Crippen LogP contribution in [0.3, 0.4) is 0 Å². The summed E-state index contributed by atoms with van der Waals surface area (Å²) in [5, 5.41) is 14.4. The van der Waals surface area contributed by atoms with E-state index in [2.05, 4.69) is 10.6 Å². The first-order valence-electron chi connectivity index (χ1n) is 3.34. The number of nitrogens with zero attached hydrogens (tertiary/aromatic N) is 2. The average molecular weight is 184 g/mol.